The van der Waals surface area contributed by atoms with Gasteiger partial charge in [-0.2, -0.15) is 12.7 Å². The number of nitrogens with two attached hydrogens (primary N) is 1. The van der Waals surface area contributed by atoms with E-state index in [0.29, 0.717) is 31.8 Å². The van der Waals surface area contributed by atoms with Crippen molar-refractivity contribution in [2.45, 2.75) is 25.8 Å². The van der Waals surface area contributed by atoms with Crippen LogP contribution in [0.15, 0.2) is 0 Å². The van der Waals surface area contributed by atoms with Gasteiger partial charge in [-0.15, -0.1) is 0 Å². The molecule has 1 aliphatic rings. The van der Waals surface area contributed by atoms with Crippen LogP contribution in [0, 0.1) is 5.92 Å². The molecule has 3 N–H and O–H groups in total. The van der Waals surface area contributed by atoms with Crippen molar-refractivity contribution in [2.75, 3.05) is 20.2 Å². The number of carbonyl (C=O) groups is 1. The van der Waals surface area contributed by atoms with Gasteiger partial charge in [-0.1, -0.05) is 0 Å². The van der Waals surface area contributed by atoms with Gasteiger partial charge in [0.25, 0.3) is 0 Å². The van der Waals surface area contributed by atoms with Crippen molar-refractivity contribution in [3.05, 3.63) is 0 Å². The van der Waals surface area contributed by atoms with E-state index in [4.69, 9.17) is 5.73 Å². The van der Waals surface area contributed by atoms with Gasteiger partial charge in [0.1, 0.15) is 0 Å². The van der Waals surface area contributed by atoms with E-state index >= 15 is 0 Å². The third-order valence-electron chi connectivity index (χ3n) is 2.98. The summed E-state index contributed by atoms with van der Waals surface area (Å²) in [6, 6.07) is 0.0634. The minimum absolute atomic E-state index is 0.0634. The Morgan fingerprint density at radius 1 is 1.47 bits per heavy atom. The highest BCUT2D eigenvalue weighted by molar-refractivity contribution is 7.87. The summed E-state index contributed by atoms with van der Waals surface area (Å²) in [6.07, 6.45) is 0.443. The van der Waals surface area contributed by atoms with E-state index < -0.39 is 16.3 Å². The van der Waals surface area contributed by atoms with E-state index in [1.807, 2.05) is 11.6 Å². The molecule has 17 heavy (non-hydrogen) atoms. The number of amides is 1. The van der Waals surface area contributed by atoms with E-state index in [1.165, 1.54) is 4.31 Å². The molecule has 0 bridgehead atoms. The summed E-state index contributed by atoms with van der Waals surface area (Å²) >= 11 is 0. The number of nitrogens with zero attached hydrogens (tertiary/aromatic N) is 1. The fourth-order valence-corrected chi connectivity index (χ4v) is 2.97. The summed E-state index contributed by atoms with van der Waals surface area (Å²) in [4.78, 5) is 10.9. The van der Waals surface area contributed by atoms with Crippen LogP contribution in [0.1, 0.15) is 19.8 Å². The van der Waals surface area contributed by atoms with Gasteiger partial charge in [-0.05, 0) is 25.7 Å². The molecular formula is C9H19N3O4S. The molecule has 0 aliphatic carbocycles. The van der Waals surface area contributed by atoms with Gasteiger partial charge in [0.05, 0.1) is 7.11 Å². The van der Waals surface area contributed by atoms with Crippen LogP contribution in [0.3, 0.4) is 0 Å². The van der Waals surface area contributed by atoms with Gasteiger partial charge in [0, 0.05) is 19.1 Å². The second kappa shape index (κ2) is 5.65. The van der Waals surface area contributed by atoms with Gasteiger partial charge in [-0.3, -0.25) is 0 Å². The zero-order valence-electron chi connectivity index (χ0n) is 10.0. The highest BCUT2D eigenvalue weighted by atomic mass is 32.2. The summed E-state index contributed by atoms with van der Waals surface area (Å²) in [7, 11) is -2.66. The smallest absolute Gasteiger partial charge is 0.421 e. The molecule has 1 rings (SSSR count). The Hall–Kier alpha value is -0.860. The zero-order valence-corrected chi connectivity index (χ0v) is 10.9. The molecule has 7 nitrogen and oxygen atoms in total. The predicted molar refractivity (Wildman–Crippen MR) is 62.4 cm³/mol. The van der Waals surface area contributed by atoms with Crippen molar-refractivity contribution in [2.24, 2.45) is 11.7 Å². The van der Waals surface area contributed by atoms with E-state index in [9.17, 15) is 13.2 Å². The van der Waals surface area contributed by atoms with Crippen LogP contribution in [0.25, 0.3) is 0 Å². The molecule has 1 fully saturated rings. The Morgan fingerprint density at radius 3 is 2.41 bits per heavy atom. The van der Waals surface area contributed by atoms with Crippen molar-refractivity contribution >= 4 is 16.3 Å². The fourth-order valence-electron chi connectivity index (χ4n) is 1.85. The largest absolute Gasteiger partial charge is 0.452 e. The number of nitrogens with one attached hydrogen (secondary N) is 1. The lowest BCUT2D eigenvalue weighted by molar-refractivity contribution is 0.176. The van der Waals surface area contributed by atoms with Gasteiger partial charge >= 0.3 is 16.3 Å². The highest BCUT2D eigenvalue weighted by Crippen LogP contribution is 2.20. The number of hydrogen-bond donors (Lipinski definition) is 2. The SMILES string of the molecule is COC(=O)NS(=O)(=O)N1CCC(C(C)N)CC1. The minimum Gasteiger partial charge on any atom is -0.452 e. The first-order valence-corrected chi connectivity index (χ1v) is 6.92. The first kappa shape index (κ1) is 14.2. The first-order valence-electron chi connectivity index (χ1n) is 5.48. The summed E-state index contributed by atoms with van der Waals surface area (Å²) in [5.74, 6) is 0.333. The molecule has 1 aliphatic heterocycles. The number of piperidine rings is 1. The monoisotopic (exact) mass is 265 g/mol. The van der Waals surface area contributed by atoms with Crippen LogP contribution >= 0.6 is 0 Å². The first-order chi connectivity index (χ1) is 7.86. The van der Waals surface area contributed by atoms with Crippen molar-refractivity contribution in [3.63, 3.8) is 0 Å². The summed E-state index contributed by atoms with van der Waals surface area (Å²) in [5.41, 5.74) is 5.77. The lowest BCUT2D eigenvalue weighted by Gasteiger charge is -2.32. The molecule has 1 unspecified atom stereocenters. The lowest BCUT2D eigenvalue weighted by Crippen LogP contribution is -2.48. The van der Waals surface area contributed by atoms with Crippen molar-refractivity contribution in [3.8, 4) is 0 Å². The Bertz CT molecular complexity index is 360. The molecule has 1 saturated heterocycles. The lowest BCUT2D eigenvalue weighted by atomic mass is 9.92. The predicted octanol–water partition coefficient (Wildman–Crippen LogP) is -0.354. The van der Waals surface area contributed by atoms with Crippen LogP contribution in [-0.4, -0.2) is 45.1 Å². The molecule has 100 valence electrons. The van der Waals surface area contributed by atoms with Crippen molar-refractivity contribution in [1.82, 2.24) is 9.03 Å². The summed E-state index contributed by atoms with van der Waals surface area (Å²) < 4.78 is 30.8. The topological polar surface area (TPSA) is 102 Å². The molecule has 0 aromatic carbocycles. The zero-order chi connectivity index (χ0) is 13.1. The second-order valence-electron chi connectivity index (χ2n) is 4.19. The Labute approximate surface area is 101 Å². The van der Waals surface area contributed by atoms with Crippen LogP contribution < -0.4 is 10.5 Å². The number of methoxy groups -OCH3 is 1. The number of hydrogen-bond acceptors (Lipinski definition) is 5. The van der Waals surface area contributed by atoms with E-state index in [0.717, 1.165) is 7.11 Å². The average molecular weight is 265 g/mol. The summed E-state index contributed by atoms with van der Waals surface area (Å²) in [6.45, 7) is 2.67. The number of rotatable bonds is 3. The van der Waals surface area contributed by atoms with E-state index in [-0.39, 0.29) is 6.04 Å². The highest BCUT2D eigenvalue weighted by Gasteiger charge is 2.30. The average Bonchev–Trinajstić information content (AvgIpc) is 2.28. The van der Waals surface area contributed by atoms with Crippen molar-refractivity contribution < 1.29 is 17.9 Å². The van der Waals surface area contributed by atoms with Gasteiger partial charge in [0.15, 0.2) is 0 Å². The molecule has 1 heterocycles. The van der Waals surface area contributed by atoms with Gasteiger partial charge in [0.2, 0.25) is 0 Å². The van der Waals surface area contributed by atoms with Gasteiger partial charge in [-0.25, -0.2) is 9.52 Å². The van der Waals surface area contributed by atoms with E-state index in [2.05, 4.69) is 4.74 Å². The molecule has 1 amide bonds. The fraction of sp³-hybridized carbons (Fsp3) is 0.889. The van der Waals surface area contributed by atoms with E-state index in [1.54, 1.807) is 0 Å². The quantitative estimate of drug-likeness (QED) is 0.726. The summed E-state index contributed by atoms with van der Waals surface area (Å²) in [5, 5.41) is 0. The molecule has 1 atom stereocenters. The Balaban J connectivity index is 2.56. The molecular weight excluding hydrogens is 246 g/mol. The molecule has 0 radical (unpaired) electrons. The number of ether oxygens (including phenoxy) is 1. The normalized spacial score (nSPS) is 20.9. The molecule has 8 heteroatoms. The standard InChI is InChI=1S/C9H19N3O4S/c1-7(10)8-3-5-12(6-4-8)17(14,15)11-9(13)16-2/h7-8H,3-6,10H2,1-2H3,(H,11,13). The Morgan fingerprint density at radius 2 is 2.00 bits per heavy atom. The third-order valence-corrected chi connectivity index (χ3v) is 4.45. The maximum absolute atomic E-state index is 11.7. The maximum Gasteiger partial charge on any atom is 0.421 e. The molecule has 0 aromatic heterocycles. The van der Waals surface area contributed by atoms with Crippen LogP contribution in [0.5, 0.6) is 0 Å². The molecule has 0 saturated carbocycles. The molecule has 0 spiro atoms. The maximum atomic E-state index is 11.7. The molecule has 0 aromatic rings. The third kappa shape index (κ3) is 3.83. The van der Waals surface area contributed by atoms with Gasteiger partial charge < -0.3 is 10.5 Å². The van der Waals surface area contributed by atoms with Crippen LogP contribution in [0.2, 0.25) is 0 Å². The number of carbonyl (C=O) groups excluding carboxylic acids is 1. The Kier molecular flexibility index (Phi) is 4.72. The van der Waals surface area contributed by atoms with Crippen molar-refractivity contribution in [1.29, 1.82) is 0 Å². The second-order valence-corrected chi connectivity index (χ2v) is 5.86. The van der Waals surface area contributed by atoms with Crippen LogP contribution in [0.4, 0.5) is 4.79 Å². The van der Waals surface area contributed by atoms with Crippen LogP contribution in [-0.2, 0) is 14.9 Å². The minimum atomic E-state index is -3.78.